The SMILES string of the molecule is CCC(Oc1ccccc1)C(=O)Nc1ccc(OCC(=O)O)cc1. The van der Waals surface area contributed by atoms with Crippen molar-refractivity contribution in [2.45, 2.75) is 19.4 Å². The van der Waals surface area contributed by atoms with Crippen LogP contribution in [0.4, 0.5) is 5.69 Å². The average Bonchev–Trinajstić information content (AvgIpc) is 2.59. The van der Waals surface area contributed by atoms with E-state index in [0.29, 0.717) is 23.6 Å². The summed E-state index contributed by atoms with van der Waals surface area (Å²) in [4.78, 5) is 22.8. The van der Waals surface area contributed by atoms with Crippen LogP contribution in [0.2, 0.25) is 0 Å². The lowest BCUT2D eigenvalue weighted by atomic mass is 10.2. The first kappa shape index (κ1) is 17.3. The van der Waals surface area contributed by atoms with Crippen LogP contribution in [-0.4, -0.2) is 29.7 Å². The van der Waals surface area contributed by atoms with Gasteiger partial charge in [0.25, 0.3) is 5.91 Å². The second-order valence-electron chi connectivity index (χ2n) is 5.02. The molecule has 0 radical (unpaired) electrons. The third-order valence-corrected chi connectivity index (χ3v) is 3.17. The maximum atomic E-state index is 12.3. The van der Waals surface area contributed by atoms with Gasteiger partial charge in [0, 0.05) is 5.69 Å². The van der Waals surface area contributed by atoms with E-state index in [1.54, 1.807) is 36.4 Å². The van der Waals surface area contributed by atoms with Gasteiger partial charge < -0.3 is 19.9 Å². The van der Waals surface area contributed by atoms with E-state index < -0.39 is 18.7 Å². The Bertz CT molecular complexity index is 670. The van der Waals surface area contributed by atoms with Crippen LogP contribution >= 0.6 is 0 Å². The van der Waals surface area contributed by atoms with Gasteiger partial charge in [0.05, 0.1) is 0 Å². The second-order valence-corrected chi connectivity index (χ2v) is 5.02. The van der Waals surface area contributed by atoms with Crippen molar-refractivity contribution in [2.75, 3.05) is 11.9 Å². The first-order valence-electron chi connectivity index (χ1n) is 7.55. The average molecular weight is 329 g/mol. The lowest BCUT2D eigenvalue weighted by molar-refractivity contribution is -0.139. The van der Waals surface area contributed by atoms with Gasteiger partial charge in [-0.15, -0.1) is 0 Å². The Morgan fingerprint density at radius 2 is 1.71 bits per heavy atom. The Kier molecular flexibility index (Phi) is 6.19. The van der Waals surface area contributed by atoms with E-state index >= 15 is 0 Å². The van der Waals surface area contributed by atoms with Crippen LogP contribution in [0.15, 0.2) is 54.6 Å². The minimum atomic E-state index is -1.05. The zero-order chi connectivity index (χ0) is 17.4. The Labute approximate surface area is 140 Å². The lowest BCUT2D eigenvalue weighted by Crippen LogP contribution is -2.32. The quantitative estimate of drug-likeness (QED) is 0.778. The summed E-state index contributed by atoms with van der Waals surface area (Å²) in [5.41, 5.74) is 0.581. The number of hydrogen-bond donors (Lipinski definition) is 2. The molecule has 2 aromatic carbocycles. The molecule has 2 aromatic rings. The number of carboxylic acid groups (broad SMARTS) is 1. The predicted molar refractivity (Wildman–Crippen MR) is 89.4 cm³/mol. The fourth-order valence-electron chi connectivity index (χ4n) is 1.99. The largest absolute Gasteiger partial charge is 0.482 e. The van der Waals surface area contributed by atoms with Crippen LogP contribution in [0, 0.1) is 0 Å². The van der Waals surface area contributed by atoms with Crippen LogP contribution in [-0.2, 0) is 9.59 Å². The molecule has 2 rings (SSSR count). The maximum absolute atomic E-state index is 12.3. The van der Waals surface area contributed by atoms with Gasteiger partial charge in [-0.05, 0) is 42.8 Å². The van der Waals surface area contributed by atoms with Crippen LogP contribution in [0.3, 0.4) is 0 Å². The van der Waals surface area contributed by atoms with Crippen molar-refractivity contribution >= 4 is 17.6 Å². The van der Waals surface area contributed by atoms with Crippen LogP contribution in [0.25, 0.3) is 0 Å². The summed E-state index contributed by atoms with van der Waals surface area (Å²) in [6.07, 6.45) is -0.0732. The molecule has 24 heavy (non-hydrogen) atoms. The summed E-state index contributed by atoms with van der Waals surface area (Å²) in [5, 5.41) is 11.3. The highest BCUT2D eigenvalue weighted by atomic mass is 16.5. The highest BCUT2D eigenvalue weighted by Gasteiger charge is 2.18. The van der Waals surface area contributed by atoms with Gasteiger partial charge in [-0.1, -0.05) is 25.1 Å². The highest BCUT2D eigenvalue weighted by Crippen LogP contribution is 2.17. The molecule has 1 amide bonds. The topological polar surface area (TPSA) is 84.9 Å². The first-order chi connectivity index (χ1) is 11.6. The van der Waals surface area contributed by atoms with Crippen LogP contribution in [0.5, 0.6) is 11.5 Å². The Morgan fingerprint density at radius 1 is 1.04 bits per heavy atom. The van der Waals surface area contributed by atoms with Crippen molar-refractivity contribution in [3.63, 3.8) is 0 Å². The van der Waals surface area contributed by atoms with E-state index in [4.69, 9.17) is 14.6 Å². The van der Waals surface area contributed by atoms with E-state index in [1.807, 2.05) is 25.1 Å². The first-order valence-corrected chi connectivity index (χ1v) is 7.55. The Hall–Kier alpha value is -3.02. The fourth-order valence-corrected chi connectivity index (χ4v) is 1.99. The molecule has 0 aromatic heterocycles. The lowest BCUT2D eigenvalue weighted by Gasteiger charge is -2.17. The molecule has 1 unspecified atom stereocenters. The number of benzene rings is 2. The molecule has 0 aliphatic carbocycles. The molecular formula is C18H19NO5. The number of para-hydroxylation sites is 1. The Balaban J connectivity index is 1.93. The van der Waals surface area contributed by atoms with Gasteiger partial charge in [-0.25, -0.2) is 4.79 Å². The van der Waals surface area contributed by atoms with Crippen molar-refractivity contribution < 1.29 is 24.2 Å². The third kappa shape index (κ3) is 5.31. The van der Waals surface area contributed by atoms with Gasteiger partial charge in [0.2, 0.25) is 0 Å². The van der Waals surface area contributed by atoms with E-state index in [-0.39, 0.29) is 5.91 Å². The summed E-state index contributed by atoms with van der Waals surface area (Å²) in [6.45, 7) is 1.46. The molecule has 0 saturated carbocycles. The minimum Gasteiger partial charge on any atom is -0.482 e. The van der Waals surface area contributed by atoms with Crippen molar-refractivity contribution in [1.82, 2.24) is 0 Å². The molecular weight excluding hydrogens is 310 g/mol. The molecule has 0 bridgehead atoms. The molecule has 0 saturated heterocycles. The number of amides is 1. The molecule has 0 heterocycles. The molecule has 1 atom stereocenters. The number of ether oxygens (including phenoxy) is 2. The minimum absolute atomic E-state index is 0.249. The summed E-state index contributed by atoms with van der Waals surface area (Å²) in [7, 11) is 0. The summed E-state index contributed by atoms with van der Waals surface area (Å²) >= 11 is 0. The number of carboxylic acids is 1. The van der Waals surface area contributed by atoms with E-state index in [0.717, 1.165) is 0 Å². The number of rotatable bonds is 8. The van der Waals surface area contributed by atoms with Crippen molar-refractivity contribution in [1.29, 1.82) is 0 Å². The monoisotopic (exact) mass is 329 g/mol. The summed E-state index contributed by atoms with van der Waals surface area (Å²) < 4.78 is 10.7. The van der Waals surface area contributed by atoms with E-state index in [1.165, 1.54) is 0 Å². The zero-order valence-electron chi connectivity index (χ0n) is 13.3. The molecule has 0 spiro atoms. The number of carbonyl (C=O) groups is 2. The number of aliphatic carboxylic acids is 1. The standard InChI is InChI=1S/C18H19NO5/c1-2-16(24-15-6-4-3-5-7-15)18(22)19-13-8-10-14(11-9-13)23-12-17(20)21/h3-11,16H,2,12H2,1H3,(H,19,22)(H,20,21). The smallest absolute Gasteiger partial charge is 0.341 e. The van der Waals surface area contributed by atoms with Gasteiger partial charge in [-0.3, -0.25) is 4.79 Å². The highest BCUT2D eigenvalue weighted by molar-refractivity contribution is 5.94. The number of nitrogens with one attached hydrogen (secondary N) is 1. The molecule has 0 aliphatic rings. The molecule has 6 heteroatoms. The normalized spacial score (nSPS) is 11.4. The van der Waals surface area contributed by atoms with Gasteiger partial charge in [0.1, 0.15) is 11.5 Å². The van der Waals surface area contributed by atoms with E-state index in [2.05, 4.69) is 5.32 Å². The third-order valence-electron chi connectivity index (χ3n) is 3.17. The van der Waals surface area contributed by atoms with Crippen molar-refractivity contribution in [3.8, 4) is 11.5 Å². The summed E-state index contributed by atoms with van der Waals surface area (Å²) in [5.74, 6) is -0.239. The van der Waals surface area contributed by atoms with Gasteiger partial charge in [0.15, 0.2) is 12.7 Å². The zero-order valence-corrected chi connectivity index (χ0v) is 13.3. The predicted octanol–water partition coefficient (Wildman–Crippen LogP) is 2.95. The Morgan fingerprint density at radius 3 is 2.29 bits per heavy atom. The molecule has 126 valence electrons. The van der Waals surface area contributed by atoms with Gasteiger partial charge in [-0.2, -0.15) is 0 Å². The van der Waals surface area contributed by atoms with Crippen LogP contribution < -0.4 is 14.8 Å². The van der Waals surface area contributed by atoms with Crippen molar-refractivity contribution in [2.24, 2.45) is 0 Å². The van der Waals surface area contributed by atoms with E-state index in [9.17, 15) is 9.59 Å². The second kappa shape index (κ2) is 8.57. The number of hydrogen-bond acceptors (Lipinski definition) is 4. The summed E-state index contributed by atoms with van der Waals surface area (Å²) in [6, 6.07) is 15.6. The van der Waals surface area contributed by atoms with Crippen LogP contribution in [0.1, 0.15) is 13.3 Å². The van der Waals surface area contributed by atoms with Crippen molar-refractivity contribution in [3.05, 3.63) is 54.6 Å². The number of anilines is 1. The molecule has 6 nitrogen and oxygen atoms in total. The number of carbonyl (C=O) groups excluding carboxylic acids is 1. The fraction of sp³-hybridized carbons (Fsp3) is 0.222. The molecule has 0 aliphatic heterocycles. The van der Waals surface area contributed by atoms with Gasteiger partial charge >= 0.3 is 5.97 Å². The maximum Gasteiger partial charge on any atom is 0.341 e. The molecule has 0 fully saturated rings. The molecule has 2 N–H and O–H groups in total.